The van der Waals surface area contributed by atoms with Gasteiger partial charge in [-0.15, -0.1) is 11.6 Å². The Kier molecular flexibility index (Phi) is 5.28. The fourth-order valence-electron chi connectivity index (χ4n) is 3.10. The van der Waals surface area contributed by atoms with Gasteiger partial charge in [-0.1, -0.05) is 0 Å². The Labute approximate surface area is 133 Å². The van der Waals surface area contributed by atoms with Crippen LogP contribution in [0, 0.1) is 11.8 Å². The average Bonchev–Trinajstić information content (AvgIpc) is 2.86. The van der Waals surface area contributed by atoms with Gasteiger partial charge in [-0.3, -0.25) is 14.4 Å². The molecular weight excluding hydrogens is 316 g/mol. The van der Waals surface area contributed by atoms with Crippen molar-refractivity contribution in [3.05, 3.63) is 0 Å². The van der Waals surface area contributed by atoms with Gasteiger partial charge >= 0.3 is 17.9 Å². The van der Waals surface area contributed by atoms with Gasteiger partial charge in [0.25, 0.3) is 0 Å². The zero-order valence-corrected chi connectivity index (χ0v) is 13.4. The van der Waals surface area contributed by atoms with Crippen LogP contribution in [0.1, 0.15) is 20.8 Å². The van der Waals surface area contributed by atoms with Crippen molar-refractivity contribution in [2.24, 2.45) is 11.8 Å². The minimum atomic E-state index is -0.948. The largest absolute Gasteiger partial charge is 0.458 e. The summed E-state index contributed by atoms with van der Waals surface area (Å²) in [6, 6.07) is 0. The van der Waals surface area contributed by atoms with E-state index in [0.29, 0.717) is 13.2 Å². The summed E-state index contributed by atoms with van der Waals surface area (Å²) < 4.78 is 21.3. The SMILES string of the molecule is CC(=O)O[C@@H]1[C@H](OC(C)=O)[C@@H](Cl)[C@H]2COC[C@H]2[C@@H]1OC(C)=O. The lowest BCUT2D eigenvalue weighted by atomic mass is 9.75. The number of esters is 3. The number of carbonyl (C=O) groups excluding carboxylic acids is 3. The van der Waals surface area contributed by atoms with Crippen LogP contribution in [0.4, 0.5) is 0 Å². The highest BCUT2D eigenvalue weighted by molar-refractivity contribution is 6.21. The zero-order valence-electron chi connectivity index (χ0n) is 12.6. The predicted molar refractivity (Wildman–Crippen MR) is 74.1 cm³/mol. The van der Waals surface area contributed by atoms with Crippen molar-refractivity contribution in [2.75, 3.05) is 13.2 Å². The molecule has 1 aliphatic carbocycles. The molecule has 1 saturated heterocycles. The van der Waals surface area contributed by atoms with E-state index in [0.717, 1.165) is 0 Å². The van der Waals surface area contributed by atoms with Crippen LogP contribution in [0.2, 0.25) is 0 Å². The highest BCUT2D eigenvalue weighted by Gasteiger charge is 2.57. The van der Waals surface area contributed by atoms with Gasteiger partial charge in [0.15, 0.2) is 12.2 Å². The van der Waals surface area contributed by atoms with Crippen LogP contribution in [0.5, 0.6) is 0 Å². The third kappa shape index (κ3) is 3.52. The van der Waals surface area contributed by atoms with E-state index in [2.05, 4.69) is 0 Å². The van der Waals surface area contributed by atoms with E-state index in [-0.39, 0.29) is 11.8 Å². The summed E-state index contributed by atoms with van der Waals surface area (Å²) in [5.74, 6) is -1.99. The Balaban J connectivity index is 2.33. The van der Waals surface area contributed by atoms with Gasteiger partial charge in [-0.25, -0.2) is 0 Å². The zero-order chi connectivity index (χ0) is 16.4. The molecule has 0 N–H and O–H groups in total. The first-order valence-corrected chi connectivity index (χ1v) is 7.48. The average molecular weight is 335 g/mol. The summed E-state index contributed by atoms with van der Waals surface area (Å²) in [6.07, 6.45) is -2.60. The van der Waals surface area contributed by atoms with E-state index in [1.54, 1.807) is 0 Å². The van der Waals surface area contributed by atoms with Gasteiger partial charge in [0.1, 0.15) is 6.10 Å². The van der Waals surface area contributed by atoms with Crippen molar-refractivity contribution in [1.82, 2.24) is 0 Å². The molecule has 0 spiro atoms. The first-order chi connectivity index (χ1) is 10.3. The van der Waals surface area contributed by atoms with Gasteiger partial charge < -0.3 is 18.9 Å². The molecule has 0 radical (unpaired) electrons. The molecule has 0 unspecified atom stereocenters. The lowest BCUT2D eigenvalue weighted by Crippen LogP contribution is -2.60. The Bertz CT molecular complexity index is 466. The van der Waals surface area contributed by atoms with Gasteiger partial charge in [-0.05, 0) is 0 Å². The maximum atomic E-state index is 11.4. The number of fused-ring (bicyclic) bond motifs is 1. The fourth-order valence-corrected chi connectivity index (χ4v) is 3.56. The standard InChI is InChI=1S/C14H19ClO7/c1-6(16)20-12-10-5-19-4-9(10)11(15)13(21-7(2)17)14(12)22-8(3)18/h9-14H,4-5H2,1-3H3/t9-,10+,11-,12-,13+,14-/m0/s1. The molecule has 8 heteroatoms. The van der Waals surface area contributed by atoms with Gasteiger partial charge in [-0.2, -0.15) is 0 Å². The number of alkyl halides is 1. The summed E-state index contributed by atoms with van der Waals surface area (Å²) in [6.45, 7) is 4.46. The molecule has 1 aliphatic heterocycles. The third-order valence-electron chi connectivity index (χ3n) is 3.87. The lowest BCUT2D eigenvalue weighted by Gasteiger charge is -2.44. The van der Waals surface area contributed by atoms with Crippen LogP contribution in [0.15, 0.2) is 0 Å². The molecule has 0 aromatic carbocycles. The molecule has 2 fully saturated rings. The minimum Gasteiger partial charge on any atom is -0.458 e. The maximum absolute atomic E-state index is 11.4. The second kappa shape index (κ2) is 6.83. The van der Waals surface area contributed by atoms with E-state index < -0.39 is 41.6 Å². The summed E-state index contributed by atoms with van der Waals surface area (Å²) in [5, 5.41) is -0.590. The van der Waals surface area contributed by atoms with E-state index in [4.69, 9.17) is 30.5 Å². The monoisotopic (exact) mass is 334 g/mol. The van der Waals surface area contributed by atoms with Crippen LogP contribution in [0.3, 0.4) is 0 Å². The third-order valence-corrected chi connectivity index (χ3v) is 4.44. The molecular formula is C14H19ClO7. The summed E-state index contributed by atoms with van der Waals surface area (Å²) >= 11 is 6.42. The Morgan fingerprint density at radius 1 is 0.818 bits per heavy atom. The molecule has 0 amide bonds. The minimum absolute atomic E-state index is 0.151. The van der Waals surface area contributed by atoms with E-state index in [1.165, 1.54) is 20.8 Å². The van der Waals surface area contributed by atoms with Crippen LogP contribution in [-0.4, -0.2) is 54.8 Å². The molecule has 1 heterocycles. The van der Waals surface area contributed by atoms with Crippen LogP contribution in [-0.2, 0) is 33.3 Å². The molecule has 2 aliphatic rings. The van der Waals surface area contributed by atoms with Crippen molar-refractivity contribution in [3.8, 4) is 0 Å². The number of rotatable bonds is 3. The van der Waals surface area contributed by atoms with Crippen molar-refractivity contribution in [3.63, 3.8) is 0 Å². The number of halogens is 1. The van der Waals surface area contributed by atoms with Crippen LogP contribution >= 0.6 is 11.6 Å². The van der Waals surface area contributed by atoms with Crippen LogP contribution in [0.25, 0.3) is 0 Å². The van der Waals surface area contributed by atoms with E-state index in [9.17, 15) is 14.4 Å². The summed E-state index contributed by atoms with van der Waals surface area (Å²) in [5.41, 5.74) is 0. The van der Waals surface area contributed by atoms with Gasteiger partial charge in [0, 0.05) is 32.6 Å². The number of hydrogen-bond donors (Lipinski definition) is 0. The first kappa shape index (κ1) is 17.0. The normalized spacial score (nSPS) is 37.1. The number of carbonyl (C=O) groups is 3. The smallest absolute Gasteiger partial charge is 0.303 e. The Morgan fingerprint density at radius 3 is 1.82 bits per heavy atom. The number of hydrogen-bond acceptors (Lipinski definition) is 7. The van der Waals surface area contributed by atoms with Gasteiger partial charge in [0.05, 0.1) is 18.6 Å². The quantitative estimate of drug-likeness (QED) is 0.425. The molecule has 2 rings (SSSR count). The predicted octanol–water partition coefficient (Wildman–Crippen LogP) is 0.665. The molecule has 124 valence electrons. The second-order valence-electron chi connectivity index (χ2n) is 5.53. The van der Waals surface area contributed by atoms with Crippen LogP contribution < -0.4 is 0 Å². The van der Waals surface area contributed by atoms with Crippen molar-refractivity contribution >= 4 is 29.5 Å². The highest BCUT2D eigenvalue weighted by atomic mass is 35.5. The van der Waals surface area contributed by atoms with Crippen molar-refractivity contribution < 1.29 is 33.3 Å². The highest BCUT2D eigenvalue weighted by Crippen LogP contribution is 2.42. The van der Waals surface area contributed by atoms with E-state index in [1.807, 2.05) is 0 Å². The number of ether oxygens (including phenoxy) is 4. The fraction of sp³-hybridized carbons (Fsp3) is 0.786. The molecule has 0 aromatic heterocycles. The van der Waals surface area contributed by atoms with Gasteiger partial charge in [0.2, 0.25) is 0 Å². The molecule has 1 saturated carbocycles. The summed E-state index contributed by atoms with van der Waals surface area (Å²) in [7, 11) is 0. The summed E-state index contributed by atoms with van der Waals surface area (Å²) in [4.78, 5) is 34.1. The Morgan fingerprint density at radius 2 is 1.27 bits per heavy atom. The molecule has 6 atom stereocenters. The van der Waals surface area contributed by atoms with E-state index >= 15 is 0 Å². The topological polar surface area (TPSA) is 88.1 Å². The Hall–Kier alpha value is -1.34. The molecule has 0 bridgehead atoms. The molecule has 7 nitrogen and oxygen atoms in total. The molecule has 0 aromatic rings. The first-order valence-electron chi connectivity index (χ1n) is 7.04. The maximum Gasteiger partial charge on any atom is 0.303 e. The van der Waals surface area contributed by atoms with Crippen molar-refractivity contribution in [1.29, 1.82) is 0 Å². The second-order valence-corrected chi connectivity index (χ2v) is 6.04. The molecule has 22 heavy (non-hydrogen) atoms. The van der Waals surface area contributed by atoms with Crippen molar-refractivity contribution in [2.45, 2.75) is 44.5 Å². The lowest BCUT2D eigenvalue weighted by molar-refractivity contribution is -0.198.